The van der Waals surface area contributed by atoms with Crippen LogP contribution in [0.3, 0.4) is 0 Å². The molecule has 78 valence electrons. The van der Waals surface area contributed by atoms with Gasteiger partial charge in [0, 0.05) is 6.42 Å². The van der Waals surface area contributed by atoms with Crippen molar-refractivity contribution in [2.24, 2.45) is 0 Å². The summed E-state index contributed by atoms with van der Waals surface area (Å²) in [5, 5.41) is 3.71. The largest absolute Gasteiger partial charge is 0.338 e. The molecule has 3 nitrogen and oxygen atoms in total. The molecular formula is C11H11ClN2O. The number of aromatic nitrogens is 2. The van der Waals surface area contributed by atoms with Crippen molar-refractivity contribution in [3.63, 3.8) is 0 Å². The Morgan fingerprint density at radius 1 is 1.13 bits per heavy atom. The average Bonchev–Trinajstić information content (AvgIpc) is 2.66. The third-order valence-corrected chi connectivity index (χ3v) is 2.30. The summed E-state index contributed by atoms with van der Waals surface area (Å²) in [6.07, 6.45) is 2.78. The molecule has 2 aromatic rings. The minimum absolute atomic E-state index is 0.185. The highest BCUT2D eigenvalue weighted by atomic mass is 35.5. The van der Waals surface area contributed by atoms with Gasteiger partial charge in [-0.2, -0.15) is 4.98 Å². The second-order valence-corrected chi connectivity index (χ2v) is 3.63. The molecule has 0 fully saturated rings. The van der Waals surface area contributed by atoms with E-state index in [4.69, 9.17) is 16.1 Å². The molecular weight excluding hydrogens is 212 g/mol. The standard InChI is InChI=1S/C11H11ClN2O/c12-11-13-10(15-14-11)8-4-7-9-5-2-1-3-6-9/h1-3,5-6H,4,7-8H2. The maximum Gasteiger partial charge on any atom is 0.263 e. The summed E-state index contributed by atoms with van der Waals surface area (Å²) in [5.41, 5.74) is 1.32. The SMILES string of the molecule is Clc1noc(CCCc2ccccc2)n1. The van der Waals surface area contributed by atoms with E-state index in [0.29, 0.717) is 5.89 Å². The number of hydrogen-bond acceptors (Lipinski definition) is 3. The molecule has 0 aliphatic carbocycles. The molecule has 0 spiro atoms. The third-order valence-electron chi connectivity index (χ3n) is 2.14. The zero-order valence-corrected chi connectivity index (χ0v) is 8.94. The van der Waals surface area contributed by atoms with E-state index in [0.717, 1.165) is 19.3 Å². The first-order chi connectivity index (χ1) is 7.34. The molecule has 0 bridgehead atoms. The lowest BCUT2D eigenvalue weighted by Crippen LogP contribution is -1.89. The fraction of sp³-hybridized carbons (Fsp3) is 0.273. The Balaban J connectivity index is 1.80. The molecule has 1 aromatic heterocycles. The van der Waals surface area contributed by atoms with Crippen LogP contribution in [0.25, 0.3) is 0 Å². The van der Waals surface area contributed by atoms with Crippen LogP contribution in [0.2, 0.25) is 5.28 Å². The quantitative estimate of drug-likeness (QED) is 0.799. The Hall–Kier alpha value is -1.35. The molecule has 0 aliphatic heterocycles. The zero-order valence-electron chi connectivity index (χ0n) is 8.19. The van der Waals surface area contributed by atoms with Gasteiger partial charge in [-0.1, -0.05) is 30.3 Å². The van der Waals surface area contributed by atoms with Gasteiger partial charge in [-0.15, -0.1) is 0 Å². The summed E-state index contributed by atoms with van der Waals surface area (Å²) >= 11 is 5.54. The topological polar surface area (TPSA) is 38.9 Å². The molecule has 0 atom stereocenters. The summed E-state index contributed by atoms with van der Waals surface area (Å²) < 4.78 is 4.91. The molecule has 1 aromatic carbocycles. The normalized spacial score (nSPS) is 10.5. The van der Waals surface area contributed by atoms with Crippen LogP contribution in [0.15, 0.2) is 34.9 Å². The number of benzene rings is 1. The van der Waals surface area contributed by atoms with Crippen LogP contribution in [0, 0.1) is 0 Å². The molecule has 0 saturated carbocycles. The van der Waals surface area contributed by atoms with E-state index in [1.807, 2.05) is 18.2 Å². The van der Waals surface area contributed by atoms with Gasteiger partial charge in [-0.05, 0) is 35.2 Å². The molecule has 0 amide bonds. The number of aryl methyl sites for hydroxylation is 2. The second kappa shape index (κ2) is 4.94. The molecule has 1 heterocycles. The van der Waals surface area contributed by atoms with Crippen molar-refractivity contribution < 1.29 is 4.52 Å². The van der Waals surface area contributed by atoms with Gasteiger partial charge in [0.15, 0.2) is 0 Å². The van der Waals surface area contributed by atoms with E-state index in [2.05, 4.69) is 22.3 Å². The summed E-state index contributed by atoms with van der Waals surface area (Å²) in [6.45, 7) is 0. The number of rotatable bonds is 4. The Morgan fingerprint density at radius 3 is 2.60 bits per heavy atom. The Labute approximate surface area is 93.1 Å². The summed E-state index contributed by atoms with van der Waals surface area (Å²) in [7, 11) is 0. The lowest BCUT2D eigenvalue weighted by Gasteiger charge is -1.97. The maximum absolute atomic E-state index is 5.54. The molecule has 0 unspecified atom stereocenters. The van der Waals surface area contributed by atoms with Gasteiger partial charge in [0.2, 0.25) is 5.89 Å². The van der Waals surface area contributed by atoms with Gasteiger partial charge >= 0.3 is 0 Å². The van der Waals surface area contributed by atoms with Gasteiger partial charge < -0.3 is 4.52 Å². The number of halogens is 1. The van der Waals surface area contributed by atoms with Gasteiger partial charge in [0.05, 0.1) is 0 Å². The lowest BCUT2D eigenvalue weighted by atomic mass is 10.1. The average molecular weight is 223 g/mol. The van der Waals surface area contributed by atoms with E-state index in [9.17, 15) is 0 Å². The van der Waals surface area contributed by atoms with E-state index >= 15 is 0 Å². The fourth-order valence-corrected chi connectivity index (χ4v) is 1.55. The predicted molar refractivity (Wildman–Crippen MR) is 57.8 cm³/mol. The maximum atomic E-state index is 5.54. The first kappa shape index (κ1) is 10.2. The molecule has 2 rings (SSSR count). The monoisotopic (exact) mass is 222 g/mol. The van der Waals surface area contributed by atoms with Crippen LogP contribution in [0.4, 0.5) is 0 Å². The molecule has 4 heteroatoms. The minimum Gasteiger partial charge on any atom is -0.338 e. The molecule has 0 saturated heterocycles. The van der Waals surface area contributed by atoms with Crippen LogP contribution in [-0.4, -0.2) is 10.1 Å². The van der Waals surface area contributed by atoms with Crippen molar-refractivity contribution >= 4 is 11.6 Å². The molecule has 15 heavy (non-hydrogen) atoms. The van der Waals surface area contributed by atoms with E-state index in [1.54, 1.807) is 0 Å². The van der Waals surface area contributed by atoms with Gasteiger partial charge in [-0.3, -0.25) is 0 Å². The van der Waals surface area contributed by atoms with Crippen LogP contribution >= 0.6 is 11.6 Å². The van der Waals surface area contributed by atoms with Gasteiger partial charge in [0.25, 0.3) is 5.28 Å². The summed E-state index contributed by atoms with van der Waals surface area (Å²) in [6, 6.07) is 10.3. The Kier molecular flexibility index (Phi) is 3.35. The van der Waals surface area contributed by atoms with Crippen LogP contribution < -0.4 is 0 Å². The first-order valence-corrected chi connectivity index (χ1v) is 5.24. The highest BCUT2D eigenvalue weighted by Crippen LogP contribution is 2.08. The number of hydrogen-bond donors (Lipinski definition) is 0. The Bertz CT molecular complexity index is 414. The van der Waals surface area contributed by atoms with E-state index in [1.165, 1.54) is 5.56 Å². The predicted octanol–water partition coefficient (Wildman–Crippen LogP) is 2.90. The molecule has 0 radical (unpaired) electrons. The van der Waals surface area contributed by atoms with Gasteiger partial charge in [-0.25, -0.2) is 0 Å². The van der Waals surface area contributed by atoms with Crippen molar-refractivity contribution in [3.8, 4) is 0 Å². The van der Waals surface area contributed by atoms with E-state index in [-0.39, 0.29) is 5.28 Å². The minimum atomic E-state index is 0.185. The molecule has 0 aliphatic rings. The van der Waals surface area contributed by atoms with Crippen LogP contribution in [0.5, 0.6) is 0 Å². The highest BCUT2D eigenvalue weighted by molar-refractivity contribution is 6.28. The van der Waals surface area contributed by atoms with E-state index < -0.39 is 0 Å². The number of nitrogens with zero attached hydrogens (tertiary/aromatic N) is 2. The zero-order chi connectivity index (χ0) is 10.5. The summed E-state index contributed by atoms with van der Waals surface area (Å²) in [5.74, 6) is 0.607. The van der Waals surface area contributed by atoms with Crippen molar-refractivity contribution in [1.29, 1.82) is 0 Å². The van der Waals surface area contributed by atoms with Gasteiger partial charge in [0.1, 0.15) is 0 Å². The van der Waals surface area contributed by atoms with Crippen LogP contribution in [0.1, 0.15) is 17.9 Å². The van der Waals surface area contributed by atoms with Crippen molar-refractivity contribution in [2.75, 3.05) is 0 Å². The van der Waals surface area contributed by atoms with Crippen LogP contribution in [-0.2, 0) is 12.8 Å². The van der Waals surface area contributed by atoms with Crippen molar-refractivity contribution in [3.05, 3.63) is 47.1 Å². The smallest absolute Gasteiger partial charge is 0.263 e. The first-order valence-electron chi connectivity index (χ1n) is 4.86. The fourth-order valence-electron chi connectivity index (χ4n) is 1.42. The second-order valence-electron chi connectivity index (χ2n) is 3.30. The summed E-state index contributed by atoms with van der Waals surface area (Å²) in [4.78, 5) is 3.93. The third kappa shape index (κ3) is 3.06. The Morgan fingerprint density at radius 2 is 1.93 bits per heavy atom. The molecule has 0 N–H and O–H groups in total. The highest BCUT2D eigenvalue weighted by Gasteiger charge is 2.03. The van der Waals surface area contributed by atoms with Crippen molar-refractivity contribution in [1.82, 2.24) is 10.1 Å². The lowest BCUT2D eigenvalue weighted by molar-refractivity contribution is 0.375. The van der Waals surface area contributed by atoms with Crippen molar-refractivity contribution in [2.45, 2.75) is 19.3 Å².